The predicted molar refractivity (Wildman–Crippen MR) is 117 cm³/mol. The van der Waals surface area contributed by atoms with Gasteiger partial charge >= 0.3 is 0 Å². The standard InChI is InChI=1S/C21H19BrClFN4O2/c1-13-19(20(23)28(26-13)11-14-7-9-15(24)10-8-14)21(30)27(2)12-18(29)25-17-6-4-3-5-16(17)22/h3-10H,11-12H2,1-2H3,(H,25,29). The third-order valence-corrected chi connectivity index (χ3v) is 5.48. The summed E-state index contributed by atoms with van der Waals surface area (Å²) in [4.78, 5) is 26.5. The number of amides is 2. The van der Waals surface area contributed by atoms with Gasteiger partial charge in [0.2, 0.25) is 5.91 Å². The van der Waals surface area contributed by atoms with Gasteiger partial charge in [-0.25, -0.2) is 9.07 Å². The van der Waals surface area contributed by atoms with E-state index in [0.717, 1.165) is 10.0 Å². The molecule has 30 heavy (non-hydrogen) atoms. The summed E-state index contributed by atoms with van der Waals surface area (Å²) in [5, 5.41) is 7.25. The second-order valence-corrected chi connectivity index (χ2v) is 7.94. The summed E-state index contributed by atoms with van der Waals surface area (Å²) in [6.45, 7) is 1.81. The molecule has 3 aromatic rings. The molecule has 1 heterocycles. The molecule has 0 atom stereocenters. The number of carbonyl (C=O) groups excluding carboxylic acids is 2. The Bertz CT molecular complexity index is 1090. The Morgan fingerprint density at radius 2 is 1.87 bits per heavy atom. The summed E-state index contributed by atoms with van der Waals surface area (Å²) in [5.41, 5.74) is 2.09. The number of aryl methyl sites for hydroxylation is 1. The molecular formula is C21H19BrClFN4O2. The molecule has 1 aromatic heterocycles. The molecule has 0 bridgehead atoms. The topological polar surface area (TPSA) is 67.2 Å². The first kappa shape index (κ1) is 22.0. The van der Waals surface area contributed by atoms with Gasteiger partial charge in [0.25, 0.3) is 5.91 Å². The van der Waals surface area contributed by atoms with E-state index in [1.807, 2.05) is 12.1 Å². The molecule has 0 saturated carbocycles. The molecule has 0 spiro atoms. The van der Waals surface area contributed by atoms with E-state index in [9.17, 15) is 14.0 Å². The third kappa shape index (κ3) is 5.06. The van der Waals surface area contributed by atoms with Gasteiger partial charge < -0.3 is 10.2 Å². The van der Waals surface area contributed by atoms with Gasteiger partial charge in [-0.15, -0.1) is 0 Å². The first-order valence-corrected chi connectivity index (χ1v) is 10.2. The fraction of sp³-hybridized carbons (Fsp3) is 0.190. The van der Waals surface area contributed by atoms with Crippen molar-refractivity contribution in [3.8, 4) is 0 Å². The maximum atomic E-state index is 13.1. The predicted octanol–water partition coefficient (Wildman–Crippen LogP) is 4.51. The van der Waals surface area contributed by atoms with Crippen LogP contribution in [0.3, 0.4) is 0 Å². The van der Waals surface area contributed by atoms with E-state index in [1.54, 1.807) is 31.2 Å². The van der Waals surface area contributed by atoms with Crippen LogP contribution in [-0.4, -0.2) is 40.1 Å². The van der Waals surface area contributed by atoms with E-state index in [4.69, 9.17) is 11.6 Å². The lowest BCUT2D eigenvalue weighted by Gasteiger charge is -2.17. The average molecular weight is 494 g/mol. The monoisotopic (exact) mass is 492 g/mol. The number of rotatable bonds is 6. The number of carbonyl (C=O) groups is 2. The Kier molecular flexibility index (Phi) is 6.89. The van der Waals surface area contributed by atoms with Gasteiger partial charge in [0.1, 0.15) is 11.0 Å². The molecule has 6 nitrogen and oxygen atoms in total. The van der Waals surface area contributed by atoms with E-state index in [1.165, 1.54) is 28.8 Å². The summed E-state index contributed by atoms with van der Waals surface area (Å²) in [5.74, 6) is -1.09. The molecule has 0 saturated heterocycles. The maximum Gasteiger partial charge on any atom is 0.259 e. The van der Waals surface area contributed by atoms with Crippen LogP contribution in [-0.2, 0) is 11.3 Å². The summed E-state index contributed by atoms with van der Waals surface area (Å²) in [7, 11) is 1.52. The molecule has 2 amide bonds. The Labute approximate surface area is 186 Å². The highest BCUT2D eigenvalue weighted by Gasteiger charge is 2.24. The molecular weight excluding hydrogens is 475 g/mol. The van der Waals surface area contributed by atoms with Gasteiger partial charge in [0.15, 0.2) is 0 Å². The van der Waals surface area contributed by atoms with Crippen LogP contribution in [0.1, 0.15) is 21.6 Å². The van der Waals surface area contributed by atoms with Crippen LogP contribution < -0.4 is 5.32 Å². The second-order valence-electron chi connectivity index (χ2n) is 6.72. The largest absolute Gasteiger partial charge is 0.332 e. The zero-order chi connectivity index (χ0) is 21.8. The minimum absolute atomic E-state index is 0.154. The van der Waals surface area contributed by atoms with Gasteiger partial charge in [-0.1, -0.05) is 35.9 Å². The number of hydrogen-bond donors (Lipinski definition) is 1. The van der Waals surface area contributed by atoms with Crippen molar-refractivity contribution in [2.45, 2.75) is 13.5 Å². The van der Waals surface area contributed by atoms with E-state index >= 15 is 0 Å². The first-order chi connectivity index (χ1) is 14.3. The lowest BCUT2D eigenvalue weighted by atomic mass is 10.2. The fourth-order valence-electron chi connectivity index (χ4n) is 2.89. The summed E-state index contributed by atoms with van der Waals surface area (Å²) < 4.78 is 15.3. The lowest BCUT2D eigenvalue weighted by Crippen LogP contribution is -2.35. The van der Waals surface area contributed by atoms with Crippen molar-refractivity contribution in [3.63, 3.8) is 0 Å². The quantitative estimate of drug-likeness (QED) is 0.550. The highest BCUT2D eigenvalue weighted by Crippen LogP contribution is 2.23. The van der Waals surface area contributed by atoms with E-state index in [0.29, 0.717) is 17.9 Å². The van der Waals surface area contributed by atoms with Crippen LogP contribution in [0.2, 0.25) is 5.15 Å². The number of halogens is 3. The third-order valence-electron chi connectivity index (χ3n) is 4.40. The first-order valence-electron chi connectivity index (χ1n) is 9.03. The zero-order valence-corrected chi connectivity index (χ0v) is 18.7. The molecule has 3 rings (SSSR count). The van der Waals surface area contributed by atoms with Crippen molar-refractivity contribution in [1.29, 1.82) is 0 Å². The maximum absolute atomic E-state index is 13.1. The minimum Gasteiger partial charge on any atom is -0.332 e. The van der Waals surface area contributed by atoms with Gasteiger partial charge in [0.05, 0.1) is 30.0 Å². The Hall–Kier alpha value is -2.71. The number of nitrogens with zero attached hydrogens (tertiary/aromatic N) is 3. The highest BCUT2D eigenvalue weighted by molar-refractivity contribution is 9.10. The fourth-order valence-corrected chi connectivity index (χ4v) is 3.59. The van der Waals surface area contributed by atoms with Crippen molar-refractivity contribution in [1.82, 2.24) is 14.7 Å². The van der Waals surface area contributed by atoms with Crippen molar-refractivity contribution in [2.75, 3.05) is 18.9 Å². The average Bonchev–Trinajstić information content (AvgIpc) is 2.98. The Morgan fingerprint density at radius 1 is 1.20 bits per heavy atom. The van der Waals surface area contributed by atoms with Crippen molar-refractivity contribution < 1.29 is 14.0 Å². The molecule has 0 radical (unpaired) electrons. The van der Waals surface area contributed by atoms with Gasteiger partial charge in [-0.2, -0.15) is 5.10 Å². The van der Waals surface area contributed by atoms with Crippen LogP contribution in [0.25, 0.3) is 0 Å². The Balaban J connectivity index is 1.71. The molecule has 0 aliphatic carbocycles. The van der Waals surface area contributed by atoms with Crippen LogP contribution >= 0.6 is 27.5 Å². The van der Waals surface area contributed by atoms with Gasteiger partial charge in [-0.3, -0.25) is 9.59 Å². The number of hydrogen-bond acceptors (Lipinski definition) is 3. The second kappa shape index (κ2) is 9.40. The summed E-state index contributed by atoms with van der Waals surface area (Å²) in [6.07, 6.45) is 0. The summed E-state index contributed by atoms with van der Waals surface area (Å²) >= 11 is 9.77. The zero-order valence-electron chi connectivity index (χ0n) is 16.3. The normalized spacial score (nSPS) is 10.7. The number of aromatic nitrogens is 2. The highest BCUT2D eigenvalue weighted by atomic mass is 79.9. The van der Waals surface area contributed by atoms with Crippen molar-refractivity contribution in [2.24, 2.45) is 0 Å². The molecule has 0 aliphatic heterocycles. The number of nitrogens with one attached hydrogen (secondary N) is 1. The SMILES string of the molecule is Cc1nn(Cc2ccc(F)cc2)c(Cl)c1C(=O)N(C)CC(=O)Nc1ccccc1Br. The molecule has 0 fully saturated rings. The van der Waals surface area contributed by atoms with Crippen molar-refractivity contribution >= 4 is 45.0 Å². The van der Waals surface area contributed by atoms with E-state index < -0.39 is 5.91 Å². The van der Waals surface area contributed by atoms with E-state index in [2.05, 4.69) is 26.3 Å². The molecule has 2 aromatic carbocycles. The number of likely N-dealkylation sites (N-methyl/N-ethyl adjacent to an activating group) is 1. The molecule has 1 N–H and O–H groups in total. The number of anilines is 1. The van der Waals surface area contributed by atoms with Crippen LogP contribution in [0, 0.1) is 12.7 Å². The number of benzene rings is 2. The van der Waals surface area contributed by atoms with Crippen LogP contribution in [0.5, 0.6) is 0 Å². The lowest BCUT2D eigenvalue weighted by molar-refractivity contribution is -0.116. The van der Waals surface area contributed by atoms with E-state index in [-0.39, 0.29) is 29.0 Å². The molecule has 9 heteroatoms. The number of para-hydroxylation sites is 1. The van der Waals surface area contributed by atoms with Gasteiger partial charge in [0, 0.05) is 11.5 Å². The molecule has 0 aliphatic rings. The van der Waals surface area contributed by atoms with Crippen LogP contribution in [0.4, 0.5) is 10.1 Å². The Morgan fingerprint density at radius 3 is 2.53 bits per heavy atom. The van der Waals surface area contributed by atoms with Gasteiger partial charge in [-0.05, 0) is 52.7 Å². The molecule has 0 unspecified atom stereocenters. The smallest absolute Gasteiger partial charge is 0.259 e. The molecule has 156 valence electrons. The minimum atomic E-state index is -0.412. The summed E-state index contributed by atoms with van der Waals surface area (Å²) in [6, 6.07) is 13.2. The van der Waals surface area contributed by atoms with Crippen molar-refractivity contribution in [3.05, 3.63) is 80.8 Å². The van der Waals surface area contributed by atoms with Crippen LogP contribution in [0.15, 0.2) is 53.0 Å².